The van der Waals surface area contributed by atoms with Gasteiger partial charge in [0.05, 0.1) is 0 Å². The van der Waals surface area contributed by atoms with Crippen LogP contribution in [0.3, 0.4) is 0 Å². The van der Waals surface area contributed by atoms with Crippen molar-refractivity contribution in [1.29, 1.82) is 0 Å². The summed E-state index contributed by atoms with van der Waals surface area (Å²) >= 11 is 0. The zero-order valence-electron chi connectivity index (χ0n) is 10.9. The third-order valence-corrected chi connectivity index (χ3v) is 3.77. The second-order valence-electron chi connectivity index (χ2n) is 5.74. The van der Waals surface area contributed by atoms with Crippen molar-refractivity contribution >= 4 is 0 Å². The Bertz CT molecular complexity index is 201. The highest BCUT2D eigenvalue weighted by molar-refractivity contribution is 4.89. The highest BCUT2D eigenvalue weighted by atomic mass is 15.2. The highest BCUT2D eigenvalue weighted by Crippen LogP contribution is 2.31. The molecule has 1 unspecified atom stereocenters. The maximum absolute atomic E-state index is 3.61. The Morgan fingerprint density at radius 3 is 2.75 bits per heavy atom. The topological polar surface area (TPSA) is 18.5 Å². The molecule has 0 aromatic heterocycles. The van der Waals surface area contributed by atoms with Crippen molar-refractivity contribution in [2.24, 2.45) is 5.92 Å². The zero-order chi connectivity index (χ0) is 11.4. The highest BCUT2D eigenvalue weighted by Gasteiger charge is 2.33. The minimum atomic E-state index is 0.917. The Balaban J connectivity index is 1.47. The SMILES string of the molecule is CN(C)CCCNCC1CCN(C2CC2)C1. The number of hydrogen-bond acceptors (Lipinski definition) is 3. The minimum absolute atomic E-state index is 0.917. The molecule has 1 atom stereocenters. The van der Waals surface area contributed by atoms with Gasteiger partial charge >= 0.3 is 0 Å². The van der Waals surface area contributed by atoms with Crippen LogP contribution in [0.15, 0.2) is 0 Å². The lowest BCUT2D eigenvalue weighted by atomic mass is 10.1. The largest absolute Gasteiger partial charge is 0.316 e. The summed E-state index contributed by atoms with van der Waals surface area (Å²) < 4.78 is 0. The molecule has 0 amide bonds. The van der Waals surface area contributed by atoms with Gasteiger partial charge < -0.3 is 15.1 Å². The van der Waals surface area contributed by atoms with E-state index >= 15 is 0 Å². The van der Waals surface area contributed by atoms with Gasteiger partial charge in [-0.05, 0) is 71.9 Å². The van der Waals surface area contributed by atoms with Gasteiger partial charge in [-0.2, -0.15) is 0 Å². The van der Waals surface area contributed by atoms with E-state index in [0.717, 1.165) is 12.0 Å². The summed E-state index contributed by atoms with van der Waals surface area (Å²) in [5, 5.41) is 3.61. The smallest absolute Gasteiger partial charge is 0.00965 e. The molecule has 1 aliphatic heterocycles. The quantitative estimate of drug-likeness (QED) is 0.653. The molecule has 2 fully saturated rings. The number of nitrogens with zero attached hydrogens (tertiary/aromatic N) is 2. The predicted molar refractivity (Wildman–Crippen MR) is 68.7 cm³/mol. The summed E-state index contributed by atoms with van der Waals surface area (Å²) in [5.41, 5.74) is 0. The molecule has 3 heteroatoms. The van der Waals surface area contributed by atoms with E-state index in [0.29, 0.717) is 0 Å². The first-order valence-corrected chi connectivity index (χ1v) is 6.85. The summed E-state index contributed by atoms with van der Waals surface area (Å²) in [6, 6.07) is 0.971. The fourth-order valence-electron chi connectivity index (χ4n) is 2.63. The van der Waals surface area contributed by atoms with Gasteiger partial charge in [0.2, 0.25) is 0 Å². The van der Waals surface area contributed by atoms with E-state index in [2.05, 4.69) is 29.2 Å². The minimum Gasteiger partial charge on any atom is -0.316 e. The third kappa shape index (κ3) is 4.04. The number of likely N-dealkylation sites (tertiary alicyclic amines) is 1. The molecule has 0 aromatic carbocycles. The second kappa shape index (κ2) is 5.99. The van der Waals surface area contributed by atoms with Crippen LogP contribution in [0, 0.1) is 5.92 Å². The van der Waals surface area contributed by atoms with Crippen LogP contribution in [0.4, 0.5) is 0 Å². The van der Waals surface area contributed by atoms with E-state index in [4.69, 9.17) is 0 Å². The monoisotopic (exact) mass is 225 g/mol. The van der Waals surface area contributed by atoms with Gasteiger partial charge in [0, 0.05) is 12.6 Å². The zero-order valence-corrected chi connectivity index (χ0v) is 10.9. The third-order valence-electron chi connectivity index (χ3n) is 3.77. The number of hydrogen-bond donors (Lipinski definition) is 1. The first kappa shape index (κ1) is 12.3. The van der Waals surface area contributed by atoms with Gasteiger partial charge in [-0.1, -0.05) is 0 Å². The number of rotatable bonds is 7. The van der Waals surface area contributed by atoms with E-state index in [1.165, 1.54) is 58.4 Å². The van der Waals surface area contributed by atoms with Crippen molar-refractivity contribution in [2.75, 3.05) is 46.8 Å². The van der Waals surface area contributed by atoms with Gasteiger partial charge in [-0.15, -0.1) is 0 Å². The van der Waals surface area contributed by atoms with Crippen LogP contribution in [-0.4, -0.2) is 62.7 Å². The van der Waals surface area contributed by atoms with E-state index in [9.17, 15) is 0 Å². The Morgan fingerprint density at radius 2 is 2.06 bits per heavy atom. The van der Waals surface area contributed by atoms with Crippen molar-refractivity contribution < 1.29 is 0 Å². The summed E-state index contributed by atoms with van der Waals surface area (Å²) in [7, 11) is 4.29. The molecule has 2 aliphatic rings. The van der Waals surface area contributed by atoms with E-state index in [1.807, 2.05) is 0 Å². The van der Waals surface area contributed by atoms with Gasteiger partial charge in [0.25, 0.3) is 0 Å². The van der Waals surface area contributed by atoms with E-state index in [-0.39, 0.29) is 0 Å². The lowest BCUT2D eigenvalue weighted by Crippen LogP contribution is -2.29. The fourth-order valence-corrected chi connectivity index (χ4v) is 2.63. The van der Waals surface area contributed by atoms with Crippen molar-refractivity contribution in [2.45, 2.75) is 31.7 Å². The summed E-state index contributed by atoms with van der Waals surface area (Å²) in [6.45, 7) is 6.32. The van der Waals surface area contributed by atoms with Gasteiger partial charge in [-0.3, -0.25) is 0 Å². The first-order chi connectivity index (χ1) is 7.75. The maximum atomic E-state index is 3.61. The molecule has 0 spiro atoms. The van der Waals surface area contributed by atoms with Crippen LogP contribution < -0.4 is 5.32 Å². The average Bonchev–Trinajstić information content (AvgIpc) is 2.99. The molecule has 0 radical (unpaired) electrons. The molecule has 1 aliphatic carbocycles. The molecule has 1 saturated carbocycles. The van der Waals surface area contributed by atoms with Crippen LogP contribution >= 0.6 is 0 Å². The van der Waals surface area contributed by atoms with Gasteiger partial charge in [0.1, 0.15) is 0 Å². The maximum Gasteiger partial charge on any atom is 0.00965 e. The Kier molecular flexibility index (Phi) is 4.62. The second-order valence-corrected chi connectivity index (χ2v) is 5.74. The Morgan fingerprint density at radius 1 is 1.25 bits per heavy atom. The van der Waals surface area contributed by atoms with Crippen molar-refractivity contribution in [3.63, 3.8) is 0 Å². The lowest BCUT2D eigenvalue weighted by Gasteiger charge is -2.15. The summed E-state index contributed by atoms with van der Waals surface area (Å²) in [4.78, 5) is 4.96. The Labute approximate surface area is 100 Å². The molecular weight excluding hydrogens is 198 g/mol. The normalized spacial score (nSPS) is 26.8. The van der Waals surface area contributed by atoms with Gasteiger partial charge in [0.15, 0.2) is 0 Å². The van der Waals surface area contributed by atoms with E-state index in [1.54, 1.807) is 0 Å². The molecule has 94 valence electrons. The molecule has 2 rings (SSSR count). The van der Waals surface area contributed by atoms with Crippen molar-refractivity contribution in [1.82, 2.24) is 15.1 Å². The molecule has 16 heavy (non-hydrogen) atoms. The Hall–Kier alpha value is -0.120. The predicted octanol–water partition coefficient (Wildman–Crippen LogP) is 1.01. The van der Waals surface area contributed by atoms with Crippen molar-refractivity contribution in [3.05, 3.63) is 0 Å². The van der Waals surface area contributed by atoms with Crippen molar-refractivity contribution in [3.8, 4) is 0 Å². The van der Waals surface area contributed by atoms with Gasteiger partial charge in [-0.25, -0.2) is 0 Å². The summed E-state index contributed by atoms with van der Waals surface area (Å²) in [6.07, 6.45) is 5.61. The van der Waals surface area contributed by atoms with Crippen LogP contribution in [-0.2, 0) is 0 Å². The molecule has 1 saturated heterocycles. The van der Waals surface area contributed by atoms with Crippen LogP contribution in [0.1, 0.15) is 25.7 Å². The van der Waals surface area contributed by atoms with Crippen LogP contribution in [0.2, 0.25) is 0 Å². The van der Waals surface area contributed by atoms with E-state index < -0.39 is 0 Å². The molecule has 0 bridgehead atoms. The van der Waals surface area contributed by atoms with Crippen LogP contribution in [0.5, 0.6) is 0 Å². The lowest BCUT2D eigenvalue weighted by molar-refractivity contribution is 0.311. The average molecular weight is 225 g/mol. The van der Waals surface area contributed by atoms with Crippen LogP contribution in [0.25, 0.3) is 0 Å². The molecule has 3 nitrogen and oxygen atoms in total. The fraction of sp³-hybridized carbons (Fsp3) is 1.00. The standard InChI is InChI=1S/C13H27N3/c1-15(2)8-3-7-14-10-12-6-9-16(11-12)13-4-5-13/h12-14H,3-11H2,1-2H3. The molecule has 1 N–H and O–H groups in total. The molecular formula is C13H27N3. The summed E-state index contributed by atoms with van der Waals surface area (Å²) in [5.74, 6) is 0.917. The molecule has 0 aromatic rings. The first-order valence-electron chi connectivity index (χ1n) is 6.85. The number of nitrogens with one attached hydrogen (secondary N) is 1. The molecule has 1 heterocycles.